The Morgan fingerprint density at radius 1 is 0.491 bits per heavy atom. The molecular formula is C48H50F4N2O2Ti. The molecule has 6 aromatic carbocycles. The Kier molecular flexibility index (Phi) is 23.9. The van der Waals surface area contributed by atoms with Crippen LogP contribution in [0.5, 0.6) is 0 Å². The van der Waals surface area contributed by atoms with E-state index in [-0.39, 0.29) is 44.9 Å². The minimum absolute atomic E-state index is 0. The van der Waals surface area contributed by atoms with Crippen LogP contribution < -0.4 is 9.80 Å². The van der Waals surface area contributed by atoms with Gasteiger partial charge in [0.1, 0.15) is 0 Å². The summed E-state index contributed by atoms with van der Waals surface area (Å²) in [6.45, 7) is 4.98. The first-order valence-corrected chi connectivity index (χ1v) is 19.1. The molecule has 296 valence electrons. The molecule has 57 heavy (non-hydrogen) atoms. The summed E-state index contributed by atoms with van der Waals surface area (Å²) < 4.78 is 54.3. The zero-order valence-corrected chi connectivity index (χ0v) is 34.2. The van der Waals surface area contributed by atoms with Crippen LogP contribution in [0.3, 0.4) is 0 Å². The number of halogens is 4. The fraction of sp³-hybridized carbons (Fsp3) is 0.250. The normalized spacial score (nSPS) is 9.93. The van der Waals surface area contributed by atoms with E-state index >= 15 is 0 Å². The molecule has 0 saturated heterocycles. The molecule has 0 atom stereocenters. The molecule has 0 heterocycles. The average molecular weight is 811 g/mol. The maximum absolute atomic E-state index is 14.1. The van der Waals surface area contributed by atoms with Gasteiger partial charge in [-0.15, -0.1) is 36.4 Å². The van der Waals surface area contributed by atoms with E-state index in [1.54, 1.807) is 48.5 Å². The van der Waals surface area contributed by atoms with Crippen LogP contribution in [0.25, 0.3) is 0 Å². The fourth-order valence-corrected chi connectivity index (χ4v) is 5.46. The van der Waals surface area contributed by atoms with Gasteiger partial charge in [0.15, 0.2) is 0 Å². The Bertz CT molecular complexity index is 1750. The molecule has 6 aromatic rings. The van der Waals surface area contributed by atoms with E-state index in [9.17, 15) is 27.2 Å². The second kappa shape index (κ2) is 28.4. The average Bonchev–Trinajstić information content (AvgIpc) is 4.01. The third kappa shape index (κ3) is 17.7. The van der Waals surface area contributed by atoms with Crippen molar-refractivity contribution in [3.8, 4) is 0 Å². The predicted molar refractivity (Wildman–Crippen MR) is 219 cm³/mol. The Balaban J connectivity index is 0.000000310. The molecule has 0 aliphatic rings. The van der Waals surface area contributed by atoms with Gasteiger partial charge in [-0.1, -0.05) is 88.8 Å². The number of benzene rings is 4. The monoisotopic (exact) mass is 810 g/mol. The summed E-state index contributed by atoms with van der Waals surface area (Å²) in [4.78, 5) is 28.1. The molecule has 9 heteroatoms. The number of hydrogen-bond acceptors (Lipinski definition) is 2. The standard InChI is InChI=1S/2C19H20F2NO.2C5H5.Ti/c2*1-2-3-4-8-13-22(18-12-11-16(20)14-17(18)21)19(23)15-9-6-5-7-10-15;2*1-2-4-5-3-1;/h2*5-7,9-12H,2-4,8,13H2,1H3;2*1-5H;/q4*-1;+4. The van der Waals surface area contributed by atoms with Crippen LogP contribution >= 0.6 is 0 Å². The van der Waals surface area contributed by atoms with Gasteiger partial charge in [0.25, 0.3) is 0 Å². The van der Waals surface area contributed by atoms with E-state index in [0.29, 0.717) is 24.2 Å². The van der Waals surface area contributed by atoms with Crippen molar-refractivity contribution in [2.45, 2.75) is 65.2 Å². The molecule has 4 nitrogen and oxygen atoms in total. The van der Waals surface area contributed by atoms with Gasteiger partial charge in [-0.2, -0.15) is 36.4 Å². The van der Waals surface area contributed by atoms with E-state index in [0.717, 1.165) is 63.5 Å². The molecule has 0 spiro atoms. The first kappa shape index (κ1) is 48.1. The van der Waals surface area contributed by atoms with E-state index in [1.165, 1.54) is 21.9 Å². The molecule has 0 saturated carbocycles. The third-order valence-electron chi connectivity index (χ3n) is 8.38. The summed E-state index contributed by atoms with van der Waals surface area (Å²) in [5.41, 5.74) is 1.09. The molecule has 0 aliphatic carbocycles. The maximum Gasteiger partial charge on any atom is 4.00 e. The van der Waals surface area contributed by atoms with Crippen LogP contribution in [-0.2, 0) is 21.7 Å². The van der Waals surface area contributed by atoms with Crippen molar-refractivity contribution in [3.05, 3.63) is 192 Å². The van der Waals surface area contributed by atoms with Crippen molar-refractivity contribution in [2.75, 3.05) is 22.9 Å². The fourth-order valence-electron chi connectivity index (χ4n) is 5.46. The first-order valence-electron chi connectivity index (χ1n) is 19.1. The molecule has 0 unspecified atom stereocenters. The van der Waals surface area contributed by atoms with Gasteiger partial charge in [-0.25, -0.2) is 41.8 Å². The second-order valence-electron chi connectivity index (χ2n) is 12.7. The summed E-state index contributed by atoms with van der Waals surface area (Å²) in [5, 5.41) is 0. The maximum atomic E-state index is 14.1. The van der Waals surface area contributed by atoms with E-state index in [4.69, 9.17) is 0 Å². The van der Waals surface area contributed by atoms with Crippen LogP contribution in [0.2, 0.25) is 0 Å². The molecule has 0 aromatic heterocycles. The summed E-state index contributed by atoms with van der Waals surface area (Å²) in [7, 11) is 0. The number of unbranched alkanes of at least 4 members (excludes halogenated alkanes) is 6. The number of nitrogens with zero attached hydrogens (tertiary/aromatic N) is 2. The first-order chi connectivity index (χ1) is 27.3. The molecule has 6 rings (SSSR count). The third-order valence-corrected chi connectivity index (χ3v) is 8.38. The van der Waals surface area contributed by atoms with Gasteiger partial charge in [0.05, 0.1) is 0 Å². The van der Waals surface area contributed by atoms with Gasteiger partial charge < -0.3 is 9.80 Å². The van der Waals surface area contributed by atoms with Crippen molar-refractivity contribution in [1.82, 2.24) is 0 Å². The summed E-state index contributed by atoms with van der Waals surface area (Å²) in [6, 6.07) is 46.2. The molecule has 0 aliphatic heterocycles. The SMILES string of the molecule is CCCCCCN(C(=O)c1ccccc1)c1ccc(F)[c-]c1F.CCCCCCN(C(=O)c1ccccc1)c1ccc(F)[c-]c1F.[Ti+4].c1cc[cH-]c1.c1cc[cH-]c1. The smallest absolute Gasteiger partial charge is 0.359 e. The van der Waals surface area contributed by atoms with E-state index < -0.39 is 23.3 Å². The van der Waals surface area contributed by atoms with Crippen LogP contribution in [-0.4, -0.2) is 24.9 Å². The summed E-state index contributed by atoms with van der Waals surface area (Å²) in [6.07, 6.45) is 7.73. The number of anilines is 2. The van der Waals surface area contributed by atoms with Crippen molar-refractivity contribution in [2.24, 2.45) is 0 Å². The zero-order chi connectivity index (χ0) is 40.4. The van der Waals surface area contributed by atoms with Crippen LogP contribution in [0.4, 0.5) is 28.9 Å². The van der Waals surface area contributed by atoms with Crippen LogP contribution in [0.1, 0.15) is 85.9 Å². The van der Waals surface area contributed by atoms with Gasteiger partial charge in [0, 0.05) is 47.5 Å². The molecule has 0 fully saturated rings. The van der Waals surface area contributed by atoms with Crippen molar-refractivity contribution in [1.29, 1.82) is 0 Å². The van der Waals surface area contributed by atoms with Gasteiger partial charge in [0.2, 0.25) is 11.8 Å². The predicted octanol–water partition coefficient (Wildman–Crippen LogP) is 12.8. The number of amides is 2. The van der Waals surface area contributed by atoms with Crippen molar-refractivity contribution in [3.63, 3.8) is 0 Å². The minimum atomic E-state index is -0.843. The number of hydrogen-bond donors (Lipinski definition) is 0. The van der Waals surface area contributed by atoms with Crippen LogP contribution in [0.15, 0.2) is 146 Å². The van der Waals surface area contributed by atoms with E-state index in [1.807, 2.05) is 84.9 Å². The largest absolute Gasteiger partial charge is 4.00 e. The van der Waals surface area contributed by atoms with Gasteiger partial charge in [-0.3, -0.25) is 9.59 Å². The number of carbonyl (C=O) groups excluding carboxylic acids is 2. The quantitative estimate of drug-likeness (QED) is 0.0476. The van der Waals surface area contributed by atoms with Crippen LogP contribution in [0, 0.1) is 35.4 Å². The molecule has 0 bridgehead atoms. The topological polar surface area (TPSA) is 40.6 Å². The van der Waals surface area contributed by atoms with Gasteiger partial charge >= 0.3 is 21.7 Å². The van der Waals surface area contributed by atoms with E-state index in [2.05, 4.69) is 13.8 Å². The minimum Gasteiger partial charge on any atom is -0.359 e. The Hall–Kier alpha value is -5.05. The molecule has 2 amide bonds. The Morgan fingerprint density at radius 2 is 0.842 bits per heavy atom. The summed E-state index contributed by atoms with van der Waals surface area (Å²) >= 11 is 0. The molecular weight excluding hydrogens is 760 g/mol. The summed E-state index contributed by atoms with van der Waals surface area (Å²) in [5.74, 6) is -3.81. The molecule has 0 N–H and O–H groups in total. The number of carbonyl (C=O) groups is 2. The van der Waals surface area contributed by atoms with Crippen molar-refractivity contribution < 1.29 is 48.9 Å². The Morgan fingerprint density at radius 3 is 1.12 bits per heavy atom. The Labute approximate surface area is 350 Å². The van der Waals surface area contributed by atoms with Gasteiger partial charge in [-0.05, 0) is 48.5 Å². The zero-order valence-electron chi connectivity index (χ0n) is 32.7. The number of rotatable bonds is 14. The second-order valence-corrected chi connectivity index (χ2v) is 12.7. The molecule has 0 radical (unpaired) electrons. The van der Waals surface area contributed by atoms with Crippen molar-refractivity contribution >= 4 is 23.2 Å².